The Bertz CT molecular complexity index is 215. The van der Waals surface area contributed by atoms with Crippen molar-refractivity contribution in [3.05, 3.63) is 0 Å². The minimum Gasteiger partial charge on any atom is -0.473 e. The van der Waals surface area contributed by atoms with Crippen molar-refractivity contribution in [2.45, 2.75) is 25.2 Å². The summed E-state index contributed by atoms with van der Waals surface area (Å²) in [5.41, 5.74) is -0.518. The van der Waals surface area contributed by atoms with E-state index in [1.54, 1.807) is 6.92 Å². The molecule has 2 atom stereocenters. The van der Waals surface area contributed by atoms with Gasteiger partial charge in [-0.3, -0.25) is 0 Å². The number of hydrogen-bond donors (Lipinski definition) is 1. The minimum absolute atomic E-state index is 0.283. The van der Waals surface area contributed by atoms with Crippen molar-refractivity contribution < 1.29 is 19.4 Å². The number of ether oxygens (including phenoxy) is 1. The number of carboxylic acid groups (broad SMARTS) is 1. The summed E-state index contributed by atoms with van der Waals surface area (Å²) in [5.74, 6) is -2.40. The van der Waals surface area contributed by atoms with Gasteiger partial charge in [0.15, 0.2) is 7.28 Å². The summed E-state index contributed by atoms with van der Waals surface area (Å²) in [6.45, 7) is 3.65. The molecule has 0 aromatic heterocycles. The van der Waals surface area contributed by atoms with E-state index in [0.29, 0.717) is 0 Å². The van der Waals surface area contributed by atoms with Gasteiger partial charge in [-0.25, -0.2) is 9.59 Å². The van der Waals surface area contributed by atoms with Crippen molar-refractivity contribution in [1.29, 1.82) is 0 Å². The highest BCUT2D eigenvalue weighted by Crippen LogP contribution is 2.42. The topological polar surface area (TPSA) is 63.6 Å². The lowest BCUT2D eigenvalue weighted by atomic mass is 9.99. The van der Waals surface area contributed by atoms with Crippen molar-refractivity contribution in [1.82, 2.24) is 0 Å². The SMILES string of the molecule is CC1BC1(C)OC(=O)C(=O)O. The first kappa shape index (κ1) is 8.10. The lowest BCUT2D eigenvalue weighted by Crippen LogP contribution is -2.24. The van der Waals surface area contributed by atoms with Crippen LogP contribution in [0.1, 0.15) is 13.8 Å². The number of esters is 1. The second-order valence-electron chi connectivity index (χ2n) is 3.11. The van der Waals surface area contributed by atoms with Crippen LogP contribution in [0.3, 0.4) is 0 Å². The Labute approximate surface area is 64.8 Å². The zero-order chi connectivity index (χ0) is 8.65. The molecule has 1 rings (SSSR count). The van der Waals surface area contributed by atoms with Gasteiger partial charge in [-0.15, -0.1) is 0 Å². The molecule has 60 valence electrons. The zero-order valence-electron chi connectivity index (χ0n) is 6.46. The fourth-order valence-electron chi connectivity index (χ4n) is 0.947. The predicted octanol–water partition coefficient (Wildman–Crippen LogP) is -0.411. The first-order valence-corrected chi connectivity index (χ1v) is 3.42. The average molecular weight is 156 g/mol. The second kappa shape index (κ2) is 2.25. The summed E-state index contributed by atoms with van der Waals surface area (Å²) in [6.07, 6.45) is 0. The molecule has 0 spiro atoms. The second-order valence-corrected chi connectivity index (χ2v) is 3.11. The molecule has 0 bridgehead atoms. The van der Waals surface area contributed by atoms with Crippen LogP contribution in [0.4, 0.5) is 0 Å². The molecule has 1 aliphatic heterocycles. The van der Waals surface area contributed by atoms with Gasteiger partial charge in [-0.1, -0.05) is 6.92 Å². The van der Waals surface area contributed by atoms with E-state index in [1.165, 1.54) is 0 Å². The highest BCUT2D eigenvalue weighted by Gasteiger charge is 2.52. The Hall–Kier alpha value is -0.995. The molecular formula is C6H9BO4. The predicted molar refractivity (Wildman–Crippen MR) is 38.7 cm³/mol. The molecule has 1 saturated heterocycles. The van der Waals surface area contributed by atoms with Gasteiger partial charge in [0, 0.05) is 0 Å². The summed E-state index contributed by atoms with van der Waals surface area (Å²) in [4.78, 5) is 20.6. The monoisotopic (exact) mass is 156 g/mol. The molecule has 0 radical (unpaired) electrons. The average Bonchev–Trinajstić information content (AvgIpc) is 2.39. The van der Waals surface area contributed by atoms with E-state index in [4.69, 9.17) is 5.11 Å². The van der Waals surface area contributed by atoms with Gasteiger partial charge in [-0.05, 0) is 12.7 Å². The third-order valence-corrected chi connectivity index (χ3v) is 2.09. The van der Waals surface area contributed by atoms with E-state index in [1.807, 2.05) is 6.92 Å². The Kier molecular flexibility index (Phi) is 1.66. The number of carboxylic acids is 1. The first-order valence-electron chi connectivity index (χ1n) is 3.42. The highest BCUT2D eigenvalue weighted by molar-refractivity contribution is 6.56. The summed E-state index contributed by atoms with van der Waals surface area (Å²) in [6, 6.07) is 0. The molecule has 1 N–H and O–H groups in total. The van der Waals surface area contributed by atoms with Gasteiger partial charge >= 0.3 is 11.9 Å². The van der Waals surface area contributed by atoms with Crippen LogP contribution in [-0.4, -0.2) is 29.8 Å². The quantitative estimate of drug-likeness (QED) is 0.318. The maximum absolute atomic E-state index is 10.5. The lowest BCUT2D eigenvalue weighted by molar-refractivity contribution is -0.167. The van der Waals surface area contributed by atoms with Crippen molar-refractivity contribution >= 4 is 19.2 Å². The Morgan fingerprint density at radius 3 is 2.36 bits per heavy atom. The van der Waals surface area contributed by atoms with Crippen LogP contribution >= 0.6 is 0 Å². The van der Waals surface area contributed by atoms with Crippen LogP contribution in [0.15, 0.2) is 0 Å². The lowest BCUT2D eigenvalue weighted by Gasteiger charge is -2.10. The van der Waals surface area contributed by atoms with Crippen LogP contribution in [-0.2, 0) is 14.3 Å². The number of carbonyl (C=O) groups excluding carboxylic acids is 1. The molecule has 0 aromatic carbocycles. The smallest absolute Gasteiger partial charge is 0.417 e. The van der Waals surface area contributed by atoms with E-state index >= 15 is 0 Å². The molecule has 5 heteroatoms. The Morgan fingerprint density at radius 1 is 1.64 bits per heavy atom. The zero-order valence-corrected chi connectivity index (χ0v) is 6.46. The fraction of sp³-hybridized carbons (Fsp3) is 0.667. The minimum atomic E-state index is -1.52. The van der Waals surface area contributed by atoms with E-state index < -0.39 is 17.4 Å². The van der Waals surface area contributed by atoms with Crippen molar-refractivity contribution in [3.8, 4) is 0 Å². The van der Waals surface area contributed by atoms with Gasteiger partial charge in [0.05, 0.1) is 5.50 Å². The standard InChI is InChI=1S/C6H9BO4/c1-3-6(2,7-3)11-5(10)4(8)9/h3,7H,1-2H3,(H,8,9). The van der Waals surface area contributed by atoms with Crippen LogP contribution in [0.5, 0.6) is 0 Å². The highest BCUT2D eigenvalue weighted by atomic mass is 16.6. The molecular weight excluding hydrogens is 147 g/mol. The van der Waals surface area contributed by atoms with Gasteiger partial charge in [0.1, 0.15) is 0 Å². The van der Waals surface area contributed by atoms with Gasteiger partial charge in [-0.2, -0.15) is 0 Å². The Balaban J connectivity index is 2.44. The van der Waals surface area contributed by atoms with Gasteiger partial charge in [0.25, 0.3) is 0 Å². The van der Waals surface area contributed by atoms with E-state index in [2.05, 4.69) is 4.74 Å². The Morgan fingerprint density at radius 2 is 2.09 bits per heavy atom. The number of hydrogen-bond acceptors (Lipinski definition) is 3. The first-order chi connectivity index (χ1) is 4.96. The molecule has 1 fully saturated rings. The molecule has 1 aliphatic rings. The fourth-order valence-corrected chi connectivity index (χ4v) is 0.947. The number of aliphatic carboxylic acids is 1. The van der Waals surface area contributed by atoms with Crippen molar-refractivity contribution in [2.24, 2.45) is 0 Å². The van der Waals surface area contributed by atoms with Crippen LogP contribution < -0.4 is 0 Å². The summed E-state index contributed by atoms with van der Waals surface area (Å²) < 4.78 is 4.68. The summed E-state index contributed by atoms with van der Waals surface area (Å²) >= 11 is 0. The van der Waals surface area contributed by atoms with Crippen LogP contribution in [0.2, 0.25) is 5.82 Å². The number of rotatable bonds is 1. The summed E-state index contributed by atoms with van der Waals surface area (Å²) in [7, 11) is 0.756. The maximum atomic E-state index is 10.5. The molecule has 11 heavy (non-hydrogen) atoms. The van der Waals surface area contributed by atoms with Gasteiger partial charge in [0.2, 0.25) is 0 Å². The van der Waals surface area contributed by atoms with Crippen LogP contribution in [0.25, 0.3) is 0 Å². The molecule has 0 aromatic rings. The third-order valence-electron chi connectivity index (χ3n) is 2.09. The summed E-state index contributed by atoms with van der Waals surface area (Å²) in [5, 5.41) is 8.18. The van der Waals surface area contributed by atoms with Gasteiger partial charge < -0.3 is 9.84 Å². The molecule has 0 amide bonds. The van der Waals surface area contributed by atoms with Crippen LogP contribution in [0, 0.1) is 0 Å². The van der Waals surface area contributed by atoms with E-state index in [0.717, 1.165) is 7.28 Å². The maximum Gasteiger partial charge on any atom is 0.417 e. The normalized spacial score (nSPS) is 33.8. The molecule has 4 nitrogen and oxygen atoms in total. The number of carbonyl (C=O) groups is 2. The third kappa shape index (κ3) is 1.53. The van der Waals surface area contributed by atoms with Crippen molar-refractivity contribution in [2.75, 3.05) is 0 Å². The molecule has 0 saturated carbocycles. The largest absolute Gasteiger partial charge is 0.473 e. The van der Waals surface area contributed by atoms with E-state index in [-0.39, 0.29) is 5.82 Å². The van der Waals surface area contributed by atoms with E-state index in [9.17, 15) is 9.59 Å². The molecule has 0 aliphatic carbocycles. The van der Waals surface area contributed by atoms with Crippen molar-refractivity contribution in [3.63, 3.8) is 0 Å². The molecule has 1 heterocycles. The molecule has 2 unspecified atom stereocenters.